The summed E-state index contributed by atoms with van der Waals surface area (Å²) in [5.74, 6) is 2.10. The lowest BCUT2D eigenvalue weighted by Gasteiger charge is -2.15. The highest BCUT2D eigenvalue weighted by molar-refractivity contribution is 7.99. The summed E-state index contributed by atoms with van der Waals surface area (Å²) < 4.78 is 15.4. The number of phosphoric ester groups is 1. The SMILES string of the molecule is C=CCC(COP(=O)(O)O)CSCCCCCCCCCCCCCCCC. The molecule has 0 aromatic rings. The minimum atomic E-state index is -4.36. The van der Waals surface area contributed by atoms with Gasteiger partial charge in [-0.15, -0.1) is 6.58 Å². The third-order valence-electron chi connectivity index (χ3n) is 4.97. The molecule has 1 atom stereocenters. The van der Waals surface area contributed by atoms with Crippen molar-refractivity contribution < 1.29 is 18.9 Å². The van der Waals surface area contributed by atoms with Crippen LogP contribution in [0.15, 0.2) is 12.7 Å². The fraction of sp³-hybridized carbons (Fsp3) is 0.909. The number of thioether (sulfide) groups is 1. The van der Waals surface area contributed by atoms with E-state index in [0.717, 1.165) is 17.9 Å². The maximum absolute atomic E-state index is 10.8. The monoisotopic (exact) mass is 436 g/mol. The highest BCUT2D eigenvalue weighted by Gasteiger charge is 2.17. The number of phosphoric acid groups is 1. The number of hydrogen-bond donors (Lipinski definition) is 2. The Hall–Kier alpha value is 0.200. The van der Waals surface area contributed by atoms with Crippen LogP contribution in [0.4, 0.5) is 0 Å². The van der Waals surface area contributed by atoms with Crippen molar-refractivity contribution in [2.45, 2.75) is 103 Å². The molecule has 0 heterocycles. The third kappa shape index (κ3) is 22.5. The predicted molar refractivity (Wildman–Crippen MR) is 124 cm³/mol. The zero-order chi connectivity index (χ0) is 20.9. The number of rotatable bonds is 22. The van der Waals surface area contributed by atoms with Crippen molar-refractivity contribution in [2.75, 3.05) is 18.1 Å². The van der Waals surface area contributed by atoms with E-state index < -0.39 is 7.82 Å². The molecule has 4 nitrogen and oxygen atoms in total. The molecular formula is C22H45O4PS. The fourth-order valence-corrected chi connectivity index (χ4v) is 4.82. The number of hydrogen-bond acceptors (Lipinski definition) is 3. The summed E-state index contributed by atoms with van der Waals surface area (Å²) in [4.78, 5) is 17.6. The van der Waals surface area contributed by atoms with Gasteiger partial charge in [0.25, 0.3) is 0 Å². The van der Waals surface area contributed by atoms with E-state index in [1.54, 1.807) is 6.08 Å². The van der Waals surface area contributed by atoms with Crippen molar-refractivity contribution in [2.24, 2.45) is 5.92 Å². The first kappa shape index (κ1) is 28.2. The van der Waals surface area contributed by atoms with Crippen molar-refractivity contribution in [3.8, 4) is 0 Å². The van der Waals surface area contributed by atoms with E-state index in [1.807, 2.05) is 11.8 Å². The Labute approximate surface area is 178 Å². The normalized spacial score (nSPS) is 13.0. The second-order valence-electron chi connectivity index (χ2n) is 7.85. The highest BCUT2D eigenvalue weighted by Crippen LogP contribution is 2.36. The van der Waals surface area contributed by atoms with E-state index in [-0.39, 0.29) is 12.5 Å². The number of allylic oxidation sites excluding steroid dienone is 1. The largest absolute Gasteiger partial charge is 0.469 e. The quantitative estimate of drug-likeness (QED) is 0.104. The molecule has 0 rings (SSSR count). The molecule has 2 N–H and O–H groups in total. The van der Waals surface area contributed by atoms with Gasteiger partial charge in [-0.2, -0.15) is 11.8 Å². The summed E-state index contributed by atoms with van der Waals surface area (Å²) in [6.45, 7) is 6.08. The van der Waals surface area contributed by atoms with Gasteiger partial charge in [0.05, 0.1) is 6.61 Å². The van der Waals surface area contributed by atoms with Gasteiger partial charge in [-0.25, -0.2) is 4.57 Å². The lowest BCUT2D eigenvalue weighted by molar-refractivity contribution is 0.174. The second kappa shape index (κ2) is 20.5. The second-order valence-corrected chi connectivity index (χ2v) is 10.2. The topological polar surface area (TPSA) is 66.8 Å². The fourth-order valence-electron chi connectivity index (χ4n) is 3.27. The maximum Gasteiger partial charge on any atom is 0.469 e. The molecule has 0 fully saturated rings. The first-order valence-electron chi connectivity index (χ1n) is 11.4. The van der Waals surface area contributed by atoms with E-state index in [9.17, 15) is 4.57 Å². The Balaban J connectivity index is 3.35. The van der Waals surface area contributed by atoms with Crippen LogP contribution in [0.5, 0.6) is 0 Å². The van der Waals surface area contributed by atoms with E-state index in [4.69, 9.17) is 9.79 Å². The van der Waals surface area contributed by atoms with Gasteiger partial charge in [-0.05, 0) is 30.3 Å². The van der Waals surface area contributed by atoms with Gasteiger partial charge in [0.2, 0.25) is 0 Å². The maximum atomic E-state index is 10.8. The summed E-state index contributed by atoms with van der Waals surface area (Å²) >= 11 is 1.86. The summed E-state index contributed by atoms with van der Waals surface area (Å²) in [5, 5.41) is 0. The predicted octanol–water partition coefficient (Wildman–Crippen LogP) is 7.50. The molecule has 28 heavy (non-hydrogen) atoms. The summed E-state index contributed by atoms with van der Waals surface area (Å²) in [6, 6.07) is 0. The van der Waals surface area contributed by atoms with Crippen molar-refractivity contribution in [3.05, 3.63) is 12.7 Å². The van der Waals surface area contributed by atoms with Gasteiger partial charge in [0, 0.05) is 0 Å². The van der Waals surface area contributed by atoms with Crippen LogP contribution in [0, 0.1) is 5.92 Å². The molecule has 0 saturated carbocycles. The molecule has 0 radical (unpaired) electrons. The molecule has 1 unspecified atom stereocenters. The van der Waals surface area contributed by atoms with Gasteiger partial charge < -0.3 is 9.79 Å². The van der Waals surface area contributed by atoms with Gasteiger partial charge >= 0.3 is 7.82 Å². The van der Waals surface area contributed by atoms with Crippen molar-refractivity contribution in [1.82, 2.24) is 0 Å². The Morgan fingerprint density at radius 3 is 1.79 bits per heavy atom. The first-order valence-corrected chi connectivity index (χ1v) is 14.1. The van der Waals surface area contributed by atoms with E-state index in [0.29, 0.717) is 0 Å². The molecule has 0 aliphatic carbocycles. The molecular weight excluding hydrogens is 391 g/mol. The van der Waals surface area contributed by atoms with Gasteiger partial charge in [-0.3, -0.25) is 4.52 Å². The molecule has 0 amide bonds. The van der Waals surface area contributed by atoms with E-state index in [2.05, 4.69) is 18.0 Å². The van der Waals surface area contributed by atoms with Crippen molar-refractivity contribution >= 4 is 19.6 Å². The standard InChI is InChI=1S/C22H45O4PS/c1-3-5-6-7-8-9-10-11-12-13-14-15-16-17-19-28-21-22(18-4-2)20-26-27(23,24)25/h4,22H,2-3,5-21H2,1H3,(H2,23,24,25). The van der Waals surface area contributed by atoms with Crippen molar-refractivity contribution in [3.63, 3.8) is 0 Å². The summed E-state index contributed by atoms with van der Waals surface area (Å²) in [6.07, 6.45) is 21.8. The minimum Gasteiger partial charge on any atom is -0.303 e. The highest BCUT2D eigenvalue weighted by atomic mass is 32.2. The van der Waals surface area contributed by atoms with Crippen LogP contribution in [0.1, 0.15) is 103 Å². The van der Waals surface area contributed by atoms with E-state index >= 15 is 0 Å². The Kier molecular flexibility index (Phi) is 20.6. The Bertz CT molecular complexity index is 387. The first-order chi connectivity index (χ1) is 13.5. The molecule has 0 saturated heterocycles. The van der Waals surface area contributed by atoms with Crippen LogP contribution < -0.4 is 0 Å². The third-order valence-corrected chi connectivity index (χ3v) is 6.74. The average Bonchev–Trinajstić information content (AvgIpc) is 2.65. The molecule has 0 aromatic heterocycles. The van der Waals surface area contributed by atoms with E-state index in [1.165, 1.54) is 89.9 Å². The van der Waals surface area contributed by atoms with Crippen LogP contribution >= 0.6 is 19.6 Å². The lowest BCUT2D eigenvalue weighted by Crippen LogP contribution is -2.11. The zero-order valence-corrected chi connectivity index (χ0v) is 19.9. The van der Waals surface area contributed by atoms with Gasteiger partial charge in [-0.1, -0.05) is 96.5 Å². The molecule has 0 aliphatic heterocycles. The number of unbranched alkanes of at least 4 members (excludes halogenated alkanes) is 13. The summed E-state index contributed by atoms with van der Waals surface area (Å²) in [7, 11) is -4.36. The lowest BCUT2D eigenvalue weighted by atomic mass is 10.0. The van der Waals surface area contributed by atoms with Crippen LogP contribution in [-0.2, 0) is 9.09 Å². The Morgan fingerprint density at radius 1 is 0.893 bits per heavy atom. The van der Waals surface area contributed by atoms with Crippen LogP contribution in [0.3, 0.4) is 0 Å². The van der Waals surface area contributed by atoms with Crippen LogP contribution in [0.25, 0.3) is 0 Å². The molecule has 0 aromatic carbocycles. The minimum absolute atomic E-state index is 0.0992. The van der Waals surface area contributed by atoms with Crippen LogP contribution in [0.2, 0.25) is 0 Å². The molecule has 0 spiro atoms. The van der Waals surface area contributed by atoms with Crippen LogP contribution in [-0.4, -0.2) is 27.9 Å². The zero-order valence-electron chi connectivity index (χ0n) is 18.2. The molecule has 0 bridgehead atoms. The summed E-state index contributed by atoms with van der Waals surface area (Å²) in [5.41, 5.74) is 0. The smallest absolute Gasteiger partial charge is 0.303 e. The van der Waals surface area contributed by atoms with Crippen molar-refractivity contribution in [1.29, 1.82) is 0 Å². The molecule has 6 heteroatoms. The molecule has 0 aliphatic rings. The van der Waals surface area contributed by atoms with Gasteiger partial charge in [0.1, 0.15) is 0 Å². The average molecular weight is 437 g/mol. The molecule has 168 valence electrons. The Morgan fingerprint density at radius 2 is 1.36 bits per heavy atom. The van der Waals surface area contributed by atoms with Gasteiger partial charge in [0.15, 0.2) is 0 Å².